The van der Waals surface area contributed by atoms with Gasteiger partial charge in [0, 0.05) is 19.3 Å². The molecule has 1 N–H and O–H groups in total. The van der Waals surface area contributed by atoms with Crippen LogP contribution >= 0.6 is 0 Å². The third-order valence-corrected chi connectivity index (χ3v) is 3.95. The second-order valence-electron chi connectivity index (χ2n) is 5.49. The molecule has 1 aromatic rings. The van der Waals surface area contributed by atoms with Crippen LogP contribution in [-0.4, -0.2) is 26.7 Å². The maximum Gasteiger partial charge on any atom is 0.0363 e. The molecule has 1 aliphatic rings. The molecule has 0 radical (unpaired) electrons. The van der Waals surface area contributed by atoms with Crippen LogP contribution in [0.2, 0.25) is 0 Å². The smallest absolute Gasteiger partial charge is 0.0363 e. The minimum atomic E-state index is 0.881. The van der Waals surface area contributed by atoms with Crippen LogP contribution in [0.15, 0.2) is 24.3 Å². The van der Waals surface area contributed by atoms with Crippen LogP contribution in [0.5, 0.6) is 0 Å². The molecule has 0 aromatic heterocycles. The lowest BCUT2D eigenvalue weighted by molar-refractivity contribution is 0.533. The highest BCUT2D eigenvalue weighted by Gasteiger charge is 2.14. The molecule has 18 heavy (non-hydrogen) atoms. The number of aryl methyl sites for hydroxylation is 1. The van der Waals surface area contributed by atoms with E-state index < -0.39 is 0 Å². The van der Waals surface area contributed by atoms with Gasteiger partial charge in [0.15, 0.2) is 0 Å². The number of anilines is 1. The average molecular weight is 246 g/mol. The van der Waals surface area contributed by atoms with E-state index in [1.54, 1.807) is 0 Å². The monoisotopic (exact) mass is 246 g/mol. The van der Waals surface area contributed by atoms with Crippen molar-refractivity contribution in [2.75, 3.05) is 31.6 Å². The van der Waals surface area contributed by atoms with Gasteiger partial charge in [0.25, 0.3) is 0 Å². The number of nitrogens with one attached hydrogen (secondary N) is 1. The summed E-state index contributed by atoms with van der Waals surface area (Å²) >= 11 is 0. The second kappa shape index (κ2) is 6.79. The zero-order chi connectivity index (χ0) is 12.8. The summed E-state index contributed by atoms with van der Waals surface area (Å²) in [6.45, 7) is 5.82. The number of rotatable bonds is 6. The standard InChI is InChI=1S/C16H26N2/c1-3-4-14-5-7-16(8-6-14)18(2)12-10-15-9-11-17-13-15/h5-8,15,17H,3-4,9-13H2,1-2H3. The summed E-state index contributed by atoms with van der Waals surface area (Å²) in [6, 6.07) is 9.06. The molecule has 2 rings (SSSR count). The van der Waals surface area contributed by atoms with E-state index in [4.69, 9.17) is 0 Å². The lowest BCUT2D eigenvalue weighted by Crippen LogP contribution is -2.21. The van der Waals surface area contributed by atoms with Gasteiger partial charge in [0.05, 0.1) is 0 Å². The largest absolute Gasteiger partial charge is 0.375 e. The number of hydrogen-bond donors (Lipinski definition) is 1. The SMILES string of the molecule is CCCc1ccc(N(C)CCC2CCNC2)cc1. The lowest BCUT2D eigenvalue weighted by atomic mass is 10.0. The van der Waals surface area contributed by atoms with E-state index in [2.05, 4.69) is 48.5 Å². The summed E-state index contributed by atoms with van der Waals surface area (Å²) in [5.74, 6) is 0.881. The first kappa shape index (κ1) is 13.4. The van der Waals surface area contributed by atoms with Gasteiger partial charge in [-0.3, -0.25) is 0 Å². The molecular formula is C16H26N2. The Labute approximate surface area is 111 Å². The Morgan fingerprint density at radius 2 is 2.06 bits per heavy atom. The molecule has 1 fully saturated rings. The Bertz CT molecular complexity index is 339. The molecule has 0 spiro atoms. The van der Waals surface area contributed by atoms with Crippen molar-refractivity contribution in [1.29, 1.82) is 0 Å². The molecule has 1 heterocycles. The summed E-state index contributed by atoms with van der Waals surface area (Å²) in [4.78, 5) is 2.38. The molecule has 2 nitrogen and oxygen atoms in total. The van der Waals surface area contributed by atoms with E-state index in [1.165, 1.54) is 56.6 Å². The molecule has 1 aromatic carbocycles. The predicted octanol–water partition coefficient (Wildman–Crippen LogP) is 3.07. The van der Waals surface area contributed by atoms with Crippen molar-refractivity contribution in [3.63, 3.8) is 0 Å². The Balaban J connectivity index is 1.81. The van der Waals surface area contributed by atoms with Crippen molar-refractivity contribution in [2.24, 2.45) is 5.92 Å². The molecule has 0 aliphatic carbocycles. The Hall–Kier alpha value is -1.02. The molecular weight excluding hydrogens is 220 g/mol. The maximum atomic E-state index is 3.44. The topological polar surface area (TPSA) is 15.3 Å². The van der Waals surface area contributed by atoms with Crippen LogP contribution in [0.25, 0.3) is 0 Å². The van der Waals surface area contributed by atoms with Gasteiger partial charge in [-0.05, 0) is 56.0 Å². The molecule has 1 atom stereocenters. The Morgan fingerprint density at radius 3 is 2.67 bits per heavy atom. The van der Waals surface area contributed by atoms with E-state index in [0.29, 0.717) is 0 Å². The highest BCUT2D eigenvalue weighted by Crippen LogP contribution is 2.18. The van der Waals surface area contributed by atoms with E-state index in [0.717, 1.165) is 5.92 Å². The van der Waals surface area contributed by atoms with Gasteiger partial charge >= 0.3 is 0 Å². The van der Waals surface area contributed by atoms with Gasteiger partial charge in [-0.15, -0.1) is 0 Å². The first-order valence-electron chi connectivity index (χ1n) is 7.30. The second-order valence-corrected chi connectivity index (χ2v) is 5.49. The van der Waals surface area contributed by atoms with Gasteiger partial charge in [-0.25, -0.2) is 0 Å². The van der Waals surface area contributed by atoms with Crippen LogP contribution in [0, 0.1) is 5.92 Å². The van der Waals surface area contributed by atoms with Crippen molar-refractivity contribution < 1.29 is 0 Å². The van der Waals surface area contributed by atoms with E-state index in [-0.39, 0.29) is 0 Å². The molecule has 1 unspecified atom stereocenters. The van der Waals surface area contributed by atoms with Gasteiger partial charge in [-0.2, -0.15) is 0 Å². The minimum absolute atomic E-state index is 0.881. The molecule has 1 saturated heterocycles. The highest BCUT2D eigenvalue weighted by molar-refractivity contribution is 5.46. The predicted molar refractivity (Wildman–Crippen MR) is 79.3 cm³/mol. The van der Waals surface area contributed by atoms with Crippen LogP contribution < -0.4 is 10.2 Å². The van der Waals surface area contributed by atoms with Gasteiger partial charge in [0.2, 0.25) is 0 Å². The fourth-order valence-electron chi connectivity index (χ4n) is 2.67. The Morgan fingerprint density at radius 1 is 1.28 bits per heavy atom. The van der Waals surface area contributed by atoms with Crippen molar-refractivity contribution >= 4 is 5.69 Å². The van der Waals surface area contributed by atoms with E-state index in [1.807, 2.05) is 0 Å². The van der Waals surface area contributed by atoms with Gasteiger partial charge in [-0.1, -0.05) is 25.5 Å². The summed E-state index contributed by atoms with van der Waals surface area (Å²) in [5, 5.41) is 3.44. The molecule has 0 saturated carbocycles. The third-order valence-electron chi connectivity index (χ3n) is 3.95. The van der Waals surface area contributed by atoms with Crippen molar-refractivity contribution in [3.05, 3.63) is 29.8 Å². The maximum absolute atomic E-state index is 3.44. The molecule has 0 amide bonds. The summed E-state index contributed by atoms with van der Waals surface area (Å²) in [5.41, 5.74) is 2.80. The summed E-state index contributed by atoms with van der Waals surface area (Å²) < 4.78 is 0. The van der Waals surface area contributed by atoms with Crippen LogP contribution in [0.1, 0.15) is 31.7 Å². The van der Waals surface area contributed by atoms with E-state index >= 15 is 0 Å². The minimum Gasteiger partial charge on any atom is -0.375 e. The van der Waals surface area contributed by atoms with Crippen LogP contribution in [0.3, 0.4) is 0 Å². The normalized spacial score (nSPS) is 19.1. The fraction of sp³-hybridized carbons (Fsp3) is 0.625. The fourth-order valence-corrected chi connectivity index (χ4v) is 2.67. The quantitative estimate of drug-likeness (QED) is 0.830. The van der Waals surface area contributed by atoms with E-state index in [9.17, 15) is 0 Å². The first-order valence-corrected chi connectivity index (χ1v) is 7.30. The van der Waals surface area contributed by atoms with Crippen molar-refractivity contribution in [3.8, 4) is 0 Å². The first-order chi connectivity index (χ1) is 8.79. The summed E-state index contributed by atoms with van der Waals surface area (Å²) in [7, 11) is 2.21. The third kappa shape index (κ3) is 3.74. The highest BCUT2D eigenvalue weighted by atomic mass is 15.1. The van der Waals surface area contributed by atoms with Crippen molar-refractivity contribution in [1.82, 2.24) is 5.32 Å². The van der Waals surface area contributed by atoms with Gasteiger partial charge < -0.3 is 10.2 Å². The average Bonchev–Trinajstić information content (AvgIpc) is 2.90. The molecule has 0 bridgehead atoms. The zero-order valence-electron chi connectivity index (χ0n) is 11.8. The number of nitrogens with zero attached hydrogens (tertiary/aromatic N) is 1. The van der Waals surface area contributed by atoms with Gasteiger partial charge in [0.1, 0.15) is 0 Å². The zero-order valence-corrected chi connectivity index (χ0v) is 11.8. The van der Waals surface area contributed by atoms with Crippen LogP contribution in [-0.2, 0) is 6.42 Å². The number of benzene rings is 1. The summed E-state index contributed by atoms with van der Waals surface area (Å²) in [6.07, 6.45) is 5.07. The molecule has 1 aliphatic heterocycles. The molecule has 2 heteroatoms. The van der Waals surface area contributed by atoms with Crippen LogP contribution in [0.4, 0.5) is 5.69 Å². The lowest BCUT2D eigenvalue weighted by Gasteiger charge is -2.21. The number of hydrogen-bond acceptors (Lipinski definition) is 2. The Kier molecular flexibility index (Phi) is 5.06. The van der Waals surface area contributed by atoms with Crippen molar-refractivity contribution in [2.45, 2.75) is 32.6 Å². The molecule has 100 valence electrons.